The molecule has 3 rings (SSSR count). The second-order valence-corrected chi connectivity index (χ2v) is 5.44. The van der Waals surface area contributed by atoms with Crippen molar-refractivity contribution < 1.29 is 14.9 Å². The van der Waals surface area contributed by atoms with Crippen LogP contribution in [0, 0.1) is 0 Å². The van der Waals surface area contributed by atoms with E-state index in [1.807, 2.05) is 0 Å². The number of H-pyrrole nitrogens is 1. The summed E-state index contributed by atoms with van der Waals surface area (Å²) in [4.78, 5) is 25.4. The van der Waals surface area contributed by atoms with E-state index in [1.54, 1.807) is 6.08 Å². The van der Waals surface area contributed by atoms with Gasteiger partial charge in [-0.25, -0.2) is 4.79 Å². The van der Waals surface area contributed by atoms with E-state index in [0.717, 1.165) is 0 Å². The van der Waals surface area contributed by atoms with Crippen LogP contribution in [-0.4, -0.2) is 38.6 Å². The molecule has 8 heteroatoms. The topological polar surface area (TPSA) is 105 Å². The van der Waals surface area contributed by atoms with Crippen molar-refractivity contribution in [3.05, 3.63) is 37.1 Å². The zero-order valence-corrected chi connectivity index (χ0v) is 11.3. The van der Waals surface area contributed by atoms with Gasteiger partial charge in [-0.2, -0.15) is 0 Å². The van der Waals surface area contributed by atoms with Crippen molar-refractivity contribution in [2.24, 2.45) is 0 Å². The van der Waals surface area contributed by atoms with Crippen LogP contribution < -0.4 is 11.2 Å². The van der Waals surface area contributed by atoms with E-state index in [4.69, 9.17) is 9.84 Å². The summed E-state index contributed by atoms with van der Waals surface area (Å²) in [6, 6.07) is 1.28. The smallest absolute Gasteiger partial charge is 0.331 e. The van der Waals surface area contributed by atoms with Crippen molar-refractivity contribution in [1.29, 1.82) is 0 Å². The summed E-state index contributed by atoms with van der Waals surface area (Å²) in [5.74, 6) is 0. The third-order valence-corrected chi connectivity index (χ3v) is 4.27. The fourth-order valence-electron chi connectivity index (χ4n) is 2.59. The Morgan fingerprint density at radius 1 is 1.58 bits per heavy atom. The molecule has 1 fully saturated rings. The Hall–Kier alpha value is -1.22. The quantitative estimate of drug-likeness (QED) is 0.617. The number of ether oxygens (including phenoxy) is 1. The van der Waals surface area contributed by atoms with Gasteiger partial charge in [0.2, 0.25) is 0 Å². The predicted molar refractivity (Wildman–Crippen MR) is 68.8 cm³/mol. The largest absolute Gasteiger partial charge is 0.394 e. The molecule has 0 bridgehead atoms. The fourth-order valence-corrected chi connectivity index (χ4v) is 3.26. The molecule has 1 aromatic heterocycles. The second-order valence-electron chi connectivity index (χ2n) is 4.59. The average molecular weight is 331 g/mol. The van der Waals surface area contributed by atoms with Gasteiger partial charge >= 0.3 is 5.69 Å². The van der Waals surface area contributed by atoms with Crippen LogP contribution in [0.5, 0.6) is 0 Å². The number of aliphatic hydroxyl groups excluding tert-OH is 2. The molecular weight excluding hydrogens is 320 g/mol. The lowest BCUT2D eigenvalue weighted by Gasteiger charge is -2.27. The molecule has 1 spiro atoms. The van der Waals surface area contributed by atoms with Gasteiger partial charge in [0.15, 0.2) is 5.72 Å². The molecule has 2 aliphatic heterocycles. The highest BCUT2D eigenvalue weighted by atomic mass is 79.9. The molecule has 19 heavy (non-hydrogen) atoms. The van der Waals surface area contributed by atoms with Crippen LogP contribution in [0.2, 0.25) is 0 Å². The highest BCUT2D eigenvalue weighted by molar-refractivity contribution is 9.11. The van der Waals surface area contributed by atoms with E-state index in [0.29, 0.717) is 10.2 Å². The van der Waals surface area contributed by atoms with E-state index in [1.165, 1.54) is 10.6 Å². The molecule has 3 N–H and O–H groups in total. The summed E-state index contributed by atoms with van der Waals surface area (Å²) in [7, 11) is 0. The number of hydrogen-bond acceptors (Lipinski definition) is 5. The van der Waals surface area contributed by atoms with Gasteiger partial charge in [-0.05, 0) is 6.08 Å². The van der Waals surface area contributed by atoms with Crippen molar-refractivity contribution in [3.8, 4) is 0 Å². The SMILES string of the molecule is O=c1cc2n(c(=O)[nH]1)[C@]1(C[C@H](O)[C@@H](CO)O1)C(Br)=C2. The van der Waals surface area contributed by atoms with Crippen LogP contribution in [-0.2, 0) is 10.5 Å². The summed E-state index contributed by atoms with van der Waals surface area (Å²) < 4.78 is 7.47. The lowest BCUT2D eigenvalue weighted by Crippen LogP contribution is -2.43. The first kappa shape index (κ1) is 12.8. The Bertz CT molecular complexity index is 678. The third-order valence-electron chi connectivity index (χ3n) is 3.42. The van der Waals surface area contributed by atoms with Crippen molar-refractivity contribution in [2.75, 3.05) is 6.61 Å². The normalized spacial score (nSPS) is 32.7. The van der Waals surface area contributed by atoms with Crippen LogP contribution in [0.25, 0.3) is 6.08 Å². The van der Waals surface area contributed by atoms with Gasteiger partial charge in [0.1, 0.15) is 6.10 Å². The first-order valence-corrected chi connectivity index (χ1v) is 6.48. The van der Waals surface area contributed by atoms with Gasteiger partial charge in [-0.1, -0.05) is 15.9 Å². The maximum atomic E-state index is 12.0. The molecule has 102 valence electrons. The van der Waals surface area contributed by atoms with Gasteiger partial charge in [0.05, 0.1) is 22.9 Å². The number of halogens is 1. The minimum atomic E-state index is -1.19. The monoisotopic (exact) mass is 330 g/mol. The molecule has 3 atom stereocenters. The zero-order chi connectivity index (χ0) is 13.8. The third kappa shape index (κ3) is 1.68. The predicted octanol–water partition coefficient (Wildman–Crippen LogP) is -0.919. The number of aliphatic hydroxyl groups is 2. The Morgan fingerprint density at radius 3 is 2.95 bits per heavy atom. The highest BCUT2D eigenvalue weighted by Gasteiger charge is 2.52. The Balaban J connectivity index is 2.20. The minimum absolute atomic E-state index is 0.119. The van der Waals surface area contributed by atoms with E-state index in [-0.39, 0.29) is 13.0 Å². The highest BCUT2D eigenvalue weighted by Crippen LogP contribution is 2.47. The molecular formula is C11H11BrN2O5. The van der Waals surface area contributed by atoms with E-state index < -0.39 is 29.2 Å². The molecule has 0 unspecified atom stereocenters. The number of nitrogens with one attached hydrogen (secondary N) is 1. The second kappa shape index (κ2) is 4.14. The molecule has 0 radical (unpaired) electrons. The van der Waals surface area contributed by atoms with E-state index in [2.05, 4.69) is 20.9 Å². The van der Waals surface area contributed by atoms with Crippen molar-refractivity contribution in [2.45, 2.75) is 24.4 Å². The van der Waals surface area contributed by atoms with Crippen LogP contribution in [0.15, 0.2) is 20.1 Å². The zero-order valence-electron chi connectivity index (χ0n) is 9.67. The first-order chi connectivity index (χ1) is 8.98. The number of aromatic amines is 1. The van der Waals surface area contributed by atoms with Gasteiger partial charge in [0, 0.05) is 12.5 Å². The van der Waals surface area contributed by atoms with Crippen molar-refractivity contribution in [3.63, 3.8) is 0 Å². The minimum Gasteiger partial charge on any atom is -0.394 e. The van der Waals surface area contributed by atoms with Crippen LogP contribution in [0.3, 0.4) is 0 Å². The van der Waals surface area contributed by atoms with Gasteiger partial charge in [-0.15, -0.1) is 0 Å². The molecule has 0 amide bonds. The summed E-state index contributed by atoms with van der Waals surface area (Å²) in [6.45, 7) is -0.351. The molecule has 7 nitrogen and oxygen atoms in total. The average Bonchev–Trinajstić information content (AvgIpc) is 2.78. The standard InChI is InChI=1S/C11H11BrN2O5/c12-8-1-5-2-9(17)13-10(18)14(5)11(8)3-6(16)7(4-15)19-11/h1-2,6-7,15-16H,3-4H2,(H,13,17,18)/t6-,7+,11-/m0/s1. The lowest BCUT2D eigenvalue weighted by atomic mass is 10.1. The maximum absolute atomic E-state index is 12.0. The van der Waals surface area contributed by atoms with Crippen molar-refractivity contribution in [1.82, 2.24) is 9.55 Å². The Kier molecular flexibility index (Phi) is 2.79. The van der Waals surface area contributed by atoms with Crippen molar-refractivity contribution >= 4 is 22.0 Å². The van der Waals surface area contributed by atoms with E-state index in [9.17, 15) is 14.7 Å². The van der Waals surface area contributed by atoms with E-state index >= 15 is 0 Å². The summed E-state index contributed by atoms with van der Waals surface area (Å²) >= 11 is 3.31. The summed E-state index contributed by atoms with van der Waals surface area (Å²) in [5, 5.41) is 19.0. The number of fused-ring (bicyclic) bond motifs is 2. The lowest BCUT2D eigenvalue weighted by molar-refractivity contribution is -0.0885. The van der Waals surface area contributed by atoms with Gasteiger partial charge in [-0.3, -0.25) is 14.3 Å². The fraction of sp³-hybridized carbons (Fsp3) is 0.455. The number of nitrogens with zero attached hydrogens (tertiary/aromatic N) is 1. The van der Waals surface area contributed by atoms with Gasteiger partial charge < -0.3 is 14.9 Å². The molecule has 1 saturated heterocycles. The maximum Gasteiger partial charge on any atom is 0.331 e. The Labute approximate surface area is 115 Å². The summed E-state index contributed by atoms with van der Waals surface area (Å²) in [5.41, 5.74) is -1.91. The van der Waals surface area contributed by atoms with Crippen LogP contribution in [0.1, 0.15) is 12.1 Å². The molecule has 1 aromatic rings. The van der Waals surface area contributed by atoms with Crippen LogP contribution in [0.4, 0.5) is 0 Å². The number of hydrogen-bond donors (Lipinski definition) is 3. The number of aromatic nitrogens is 2. The summed E-state index contributed by atoms with van der Waals surface area (Å²) in [6.07, 6.45) is 0.0543. The Morgan fingerprint density at radius 2 is 2.32 bits per heavy atom. The molecule has 0 saturated carbocycles. The first-order valence-electron chi connectivity index (χ1n) is 5.69. The molecule has 2 aliphatic rings. The molecule has 0 aliphatic carbocycles. The van der Waals surface area contributed by atoms with Gasteiger partial charge in [0.25, 0.3) is 5.56 Å². The number of rotatable bonds is 1. The van der Waals surface area contributed by atoms with Crippen LogP contribution >= 0.6 is 15.9 Å². The molecule has 3 heterocycles. The molecule has 0 aromatic carbocycles.